The Balaban J connectivity index is 2.03. The molecule has 98 valence electrons. The lowest BCUT2D eigenvalue weighted by Crippen LogP contribution is -2.24. The molecule has 0 aliphatic rings. The molecule has 1 N–H and O–H groups in total. The molecule has 0 aromatic carbocycles. The molecule has 2 aromatic rings. The van der Waals surface area contributed by atoms with Crippen molar-refractivity contribution in [3.8, 4) is 0 Å². The van der Waals surface area contributed by atoms with Crippen LogP contribution in [-0.2, 0) is 10.2 Å². The van der Waals surface area contributed by atoms with Crippen molar-refractivity contribution in [2.75, 3.05) is 5.75 Å². The standard InChI is InChI=1S/C15H21NS2/c1-14(2,12-7-9-17-10-12)11-18-15(3,4)13-6-5-8-16-13/h5-10,16H,11H2,1-4H3. The van der Waals surface area contributed by atoms with Gasteiger partial charge in [-0.25, -0.2) is 0 Å². The van der Waals surface area contributed by atoms with Crippen molar-refractivity contribution in [1.82, 2.24) is 4.98 Å². The fourth-order valence-corrected chi connectivity index (χ4v) is 3.90. The largest absolute Gasteiger partial charge is 0.364 e. The third-order valence-corrected chi connectivity index (χ3v) is 5.83. The first kappa shape index (κ1) is 13.8. The Kier molecular flexibility index (Phi) is 3.93. The van der Waals surface area contributed by atoms with Gasteiger partial charge in [-0.2, -0.15) is 11.3 Å². The van der Waals surface area contributed by atoms with Crippen LogP contribution in [0, 0.1) is 0 Å². The van der Waals surface area contributed by atoms with Crippen LogP contribution in [0.4, 0.5) is 0 Å². The van der Waals surface area contributed by atoms with Gasteiger partial charge in [-0.3, -0.25) is 0 Å². The van der Waals surface area contributed by atoms with E-state index in [9.17, 15) is 0 Å². The minimum Gasteiger partial charge on any atom is -0.364 e. The first-order valence-corrected chi connectivity index (χ1v) is 8.15. The summed E-state index contributed by atoms with van der Waals surface area (Å²) in [6.45, 7) is 9.22. The predicted octanol–water partition coefficient (Wildman–Crippen LogP) is 5.02. The number of rotatable bonds is 5. The highest BCUT2D eigenvalue weighted by molar-refractivity contribution is 8.00. The second kappa shape index (κ2) is 5.14. The van der Waals surface area contributed by atoms with E-state index in [1.165, 1.54) is 11.3 Å². The lowest BCUT2D eigenvalue weighted by molar-refractivity contribution is 0.598. The number of aromatic amines is 1. The monoisotopic (exact) mass is 279 g/mol. The zero-order chi connectivity index (χ0) is 13.2. The van der Waals surface area contributed by atoms with Crippen molar-refractivity contribution in [3.05, 3.63) is 46.4 Å². The Morgan fingerprint density at radius 2 is 2.00 bits per heavy atom. The number of hydrogen-bond acceptors (Lipinski definition) is 2. The Labute approximate surface area is 118 Å². The van der Waals surface area contributed by atoms with Crippen LogP contribution < -0.4 is 0 Å². The van der Waals surface area contributed by atoms with E-state index >= 15 is 0 Å². The van der Waals surface area contributed by atoms with Crippen LogP contribution in [-0.4, -0.2) is 10.7 Å². The first-order chi connectivity index (χ1) is 8.42. The molecular weight excluding hydrogens is 258 g/mol. The zero-order valence-corrected chi connectivity index (χ0v) is 13.1. The lowest BCUT2D eigenvalue weighted by Gasteiger charge is -2.30. The summed E-state index contributed by atoms with van der Waals surface area (Å²) in [6.07, 6.45) is 2.00. The van der Waals surface area contributed by atoms with E-state index < -0.39 is 0 Å². The summed E-state index contributed by atoms with van der Waals surface area (Å²) in [5.74, 6) is 1.12. The van der Waals surface area contributed by atoms with Crippen LogP contribution in [0.5, 0.6) is 0 Å². The van der Waals surface area contributed by atoms with Crippen LogP contribution >= 0.6 is 23.1 Å². The fourth-order valence-electron chi connectivity index (χ4n) is 1.88. The minimum atomic E-state index is 0.136. The second-order valence-electron chi connectivity index (χ2n) is 5.78. The first-order valence-electron chi connectivity index (χ1n) is 6.22. The molecule has 0 fully saturated rings. The van der Waals surface area contributed by atoms with Crippen LogP contribution in [0.1, 0.15) is 39.0 Å². The van der Waals surface area contributed by atoms with Gasteiger partial charge in [0.25, 0.3) is 0 Å². The predicted molar refractivity (Wildman–Crippen MR) is 83.6 cm³/mol. The molecule has 0 unspecified atom stereocenters. The van der Waals surface area contributed by atoms with Gasteiger partial charge in [-0.05, 0) is 53.8 Å². The molecule has 0 spiro atoms. The maximum absolute atomic E-state index is 3.33. The molecule has 2 heterocycles. The summed E-state index contributed by atoms with van der Waals surface area (Å²) in [6, 6.07) is 6.49. The molecule has 0 atom stereocenters. The maximum atomic E-state index is 3.33. The smallest absolute Gasteiger partial charge is 0.0502 e. The van der Waals surface area contributed by atoms with Gasteiger partial charge in [0.1, 0.15) is 0 Å². The van der Waals surface area contributed by atoms with Gasteiger partial charge < -0.3 is 4.98 Å². The molecule has 0 saturated heterocycles. The Morgan fingerprint density at radius 3 is 2.56 bits per heavy atom. The number of aromatic nitrogens is 1. The highest BCUT2D eigenvalue weighted by Crippen LogP contribution is 2.39. The topological polar surface area (TPSA) is 15.8 Å². The fraction of sp³-hybridized carbons (Fsp3) is 0.467. The second-order valence-corrected chi connectivity index (χ2v) is 8.16. The Hall–Kier alpha value is -0.670. The lowest BCUT2D eigenvalue weighted by atomic mass is 9.89. The number of thiophene rings is 1. The van der Waals surface area contributed by atoms with E-state index in [2.05, 4.69) is 61.6 Å². The molecule has 1 nitrogen and oxygen atoms in total. The number of hydrogen-bond donors (Lipinski definition) is 1. The number of nitrogens with one attached hydrogen (secondary N) is 1. The molecule has 3 heteroatoms. The normalized spacial score (nSPS) is 12.9. The summed E-state index contributed by atoms with van der Waals surface area (Å²) in [5.41, 5.74) is 2.98. The minimum absolute atomic E-state index is 0.136. The molecule has 0 aliphatic heterocycles. The van der Waals surface area contributed by atoms with Crippen molar-refractivity contribution in [1.29, 1.82) is 0 Å². The van der Waals surface area contributed by atoms with Crippen LogP contribution in [0.15, 0.2) is 35.2 Å². The van der Waals surface area contributed by atoms with Gasteiger partial charge >= 0.3 is 0 Å². The van der Waals surface area contributed by atoms with E-state index in [-0.39, 0.29) is 10.2 Å². The van der Waals surface area contributed by atoms with Crippen LogP contribution in [0.3, 0.4) is 0 Å². The van der Waals surface area contributed by atoms with Gasteiger partial charge in [-0.15, -0.1) is 11.8 Å². The van der Waals surface area contributed by atoms with Crippen molar-refractivity contribution < 1.29 is 0 Å². The molecule has 0 aliphatic carbocycles. The van der Waals surface area contributed by atoms with E-state index in [0.717, 1.165) is 5.75 Å². The van der Waals surface area contributed by atoms with Crippen molar-refractivity contribution >= 4 is 23.1 Å². The molecule has 2 rings (SSSR count). The van der Waals surface area contributed by atoms with Crippen LogP contribution in [0.2, 0.25) is 0 Å². The SMILES string of the molecule is CC(C)(CSC(C)(C)c1ccc[nH]1)c1ccsc1. The average molecular weight is 279 g/mol. The van der Waals surface area contributed by atoms with Gasteiger partial charge in [-0.1, -0.05) is 13.8 Å². The average Bonchev–Trinajstić information content (AvgIpc) is 2.99. The van der Waals surface area contributed by atoms with Crippen molar-refractivity contribution in [2.24, 2.45) is 0 Å². The molecule has 0 bridgehead atoms. The van der Waals surface area contributed by atoms with Crippen LogP contribution in [0.25, 0.3) is 0 Å². The molecule has 0 amide bonds. The highest BCUT2D eigenvalue weighted by Gasteiger charge is 2.28. The summed E-state index contributed by atoms with van der Waals surface area (Å²) in [4.78, 5) is 3.33. The van der Waals surface area contributed by atoms with Crippen molar-refractivity contribution in [2.45, 2.75) is 37.9 Å². The molecule has 0 saturated carbocycles. The van der Waals surface area contributed by atoms with E-state index in [1.54, 1.807) is 11.3 Å². The summed E-state index contributed by atoms with van der Waals surface area (Å²) >= 11 is 3.80. The van der Waals surface area contributed by atoms with E-state index in [4.69, 9.17) is 0 Å². The van der Waals surface area contributed by atoms with Gasteiger partial charge in [0.05, 0.1) is 4.75 Å². The summed E-state index contributed by atoms with van der Waals surface area (Å²) in [5, 5.41) is 4.43. The maximum Gasteiger partial charge on any atom is 0.0502 e. The van der Waals surface area contributed by atoms with Gasteiger partial charge in [0, 0.05) is 17.6 Å². The molecule has 18 heavy (non-hydrogen) atoms. The molecule has 2 aromatic heterocycles. The summed E-state index contributed by atoms with van der Waals surface area (Å²) in [7, 11) is 0. The van der Waals surface area contributed by atoms with Crippen molar-refractivity contribution in [3.63, 3.8) is 0 Å². The Bertz CT molecular complexity index is 420. The van der Waals surface area contributed by atoms with E-state index in [1.807, 2.05) is 18.0 Å². The quantitative estimate of drug-likeness (QED) is 0.812. The van der Waals surface area contributed by atoms with Gasteiger partial charge in [0.15, 0.2) is 0 Å². The molecular formula is C15H21NS2. The van der Waals surface area contributed by atoms with Gasteiger partial charge in [0.2, 0.25) is 0 Å². The number of thioether (sulfide) groups is 1. The highest BCUT2D eigenvalue weighted by atomic mass is 32.2. The third kappa shape index (κ3) is 3.01. The molecule has 0 radical (unpaired) electrons. The number of H-pyrrole nitrogens is 1. The Morgan fingerprint density at radius 1 is 1.22 bits per heavy atom. The third-order valence-electron chi connectivity index (χ3n) is 3.34. The summed E-state index contributed by atoms with van der Waals surface area (Å²) < 4.78 is 0.136. The zero-order valence-electron chi connectivity index (χ0n) is 11.5. The van der Waals surface area contributed by atoms with E-state index in [0.29, 0.717) is 0 Å².